The van der Waals surface area contributed by atoms with Gasteiger partial charge in [-0.25, -0.2) is 0 Å². The van der Waals surface area contributed by atoms with Gasteiger partial charge in [0.1, 0.15) is 6.04 Å². The minimum atomic E-state index is -0.509. The van der Waals surface area contributed by atoms with Crippen LogP contribution in [-0.4, -0.2) is 18.4 Å². The molecular formula is C11H11Cl2N3O. The first kappa shape index (κ1) is 12.2. The molecule has 0 saturated carbocycles. The van der Waals surface area contributed by atoms with Crippen molar-refractivity contribution in [1.29, 1.82) is 0 Å². The van der Waals surface area contributed by atoms with Gasteiger partial charge in [-0.05, 0) is 19.1 Å². The van der Waals surface area contributed by atoms with Gasteiger partial charge in [0.15, 0.2) is 5.96 Å². The second-order valence-corrected chi connectivity index (χ2v) is 4.40. The lowest BCUT2D eigenvalue weighted by molar-refractivity contribution is -0.120. The highest BCUT2D eigenvalue weighted by Crippen LogP contribution is 2.27. The molecule has 1 fully saturated rings. The number of hydrogen-bond acceptors (Lipinski definition) is 2. The Morgan fingerprint density at radius 1 is 1.41 bits per heavy atom. The molecule has 1 saturated heterocycles. The Balaban J connectivity index is 2.29. The summed E-state index contributed by atoms with van der Waals surface area (Å²) in [6.07, 6.45) is 0. The number of hydrogen-bond donors (Lipinski definition) is 2. The number of nitrogens with one attached hydrogen (secondary N) is 2. The van der Waals surface area contributed by atoms with E-state index in [1.165, 1.54) is 0 Å². The van der Waals surface area contributed by atoms with Crippen LogP contribution in [0, 0.1) is 0 Å². The van der Waals surface area contributed by atoms with Crippen LogP contribution in [0.2, 0.25) is 10.0 Å². The van der Waals surface area contributed by atoms with Crippen LogP contribution in [0.3, 0.4) is 0 Å². The number of rotatable bonds is 2. The normalized spacial score (nSPS) is 21.5. The Bertz CT molecular complexity index is 488. The van der Waals surface area contributed by atoms with Gasteiger partial charge in [-0.15, -0.1) is 0 Å². The summed E-state index contributed by atoms with van der Waals surface area (Å²) in [5.41, 5.74) is 0.690. The van der Waals surface area contributed by atoms with E-state index in [4.69, 9.17) is 23.2 Å². The highest BCUT2D eigenvalue weighted by atomic mass is 35.5. The highest BCUT2D eigenvalue weighted by molar-refractivity contribution is 6.35. The number of nitrogens with zero attached hydrogens (tertiary/aromatic N) is 1. The Morgan fingerprint density at radius 2 is 2.18 bits per heavy atom. The van der Waals surface area contributed by atoms with E-state index >= 15 is 0 Å². The Labute approximate surface area is 109 Å². The van der Waals surface area contributed by atoms with Gasteiger partial charge in [0.05, 0.1) is 0 Å². The van der Waals surface area contributed by atoms with Crippen LogP contribution in [0.5, 0.6) is 0 Å². The summed E-state index contributed by atoms with van der Waals surface area (Å²) < 4.78 is 0. The van der Waals surface area contributed by atoms with Crippen LogP contribution in [0.15, 0.2) is 23.2 Å². The summed E-state index contributed by atoms with van der Waals surface area (Å²) in [6, 6.07) is 4.54. The van der Waals surface area contributed by atoms with Crippen LogP contribution in [0.1, 0.15) is 18.5 Å². The highest BCUT2D eigenvalue weighted by Gasteiger charge is 2.30. The molecule has 0 radical (unpaired) electrons. The zero-order valence-corrected chi connectivity index (χ0v) is 10.6. The summed E-state index contributed by atoms with van der Waals surface area (Å²) in [5, 5.41) is 6.64. The maximum Gasteiger partial charge on any atom is 0.253 e. The molecular weight excluding hydrogens is 261 g/mol. The molecule has 1 unspecified atom stereocenters. The average molecular weight is 272 g/mol. The fourth-order valence-electron chi connectivity index (χ4n) is 1.63. The molecule has 2 rings (SSSR count). The van der Waals surface area contributed by atoms with Gasteiger partial charge in [-0.1, -0.05) is 29.3 Å². The van der Waals surface area contributed by atoms with Gasteiger partial charge < -0.3 is 5.32 Å². The Morgan fingerprint density at radius 3 is 2.82 bits per heavy atom. The largest absolute Gasteiger partial charge is 0.340 e. The van der Waals surface area contributed by atoms with Crippen molar-refractivity contribution in [2.45, 2.75) is 13.0 Å². The zero-order chi connectivity index (χ0) is 12.4. The average Bonchev–Trinajstić information content (AvgIpc) is 2.60. The van der Waals surface area contributed by atoms with Gasteiger partial charge in [0, 0.05) is 22.2 Å². The molecule has 90 valence electrons. The number of carbonyl (C=O) groups is 1. The lowest BCUT2D eigenvalue weighted by Gasteiger charge is -2.10. The lowest BCUT2D eigenvalue weighted by atomic mass is 10.1. The Hall–Kier alpha value is -1.26. The predicted octanol–water partition coefficient (Wildman–Crippen LogP) is 2.13. The van der Waals surface area contributed by atoms with E-state index in [-0.39, 0.29) is 5.91 Å². The fourth-order valence-corrected chi connectivity index (χ4v) is 2.14. The zero-order valence-electron chi connectivity index (χ0n) is 9.13. The van der Waals surface area contributed by atoms with E-state index in [2.05, 4.69) is 15.6 Å². The molecule has 4 nitrogen and oxygen atoms in total. The fraction of sp³-hybridized carbons (Fsp3) is 0.273. The maximum absolute atomic E-state index is 11.8. The molecule has 1 amide bonds. The van der Waals surface area contributed by atoms with Crippen molar-refractivity contribution in [2.75, 3.05) is 6.54 Å². The number of amides is 1. The molecule has 1 atom stereocenters. The molecule has 1 aromatic rings. The van der Waals surface area contributed by atoms with E-state index in [9.17, 15) is 4.79 Å². The molecule has 1 heterocycles. The van der Waals surface area contributed by atoms with E-state index < -0.39 is 6.04 Å². The van der Waals surface area contributed by atoms with Crippen molar-refractivity contribution in [1.82, 2.24) is 10.6 Å². The third-order valence-corrected chi connectivity index (χ3v) is 2.94. The minimum Gasteiger partial charge on any atom is -0.340 e. The molecule has 17 heavy (non-hydrogen) atoms. The van der Waals surface area contributed by atoms with Crippen LogP contribution >= 0.6 is 23.2 Å². The summed E-state index contributed by atoms with van der Waals surface area (Å²) in [4.78, 5) is 15.9. The molecule has 0 bridgehead atoms. The van der Waals surface area contributed by atoms with E-state index in [0.717, 1.165) is 0 Å². The number of guanidine groups is 1. The van der Waals surface area contributed by atoms with Crippen molar-refractivity contribution in [3.8, 4) is 0 Å². The smallest absolute Gasteiger partial charge is 0.253 e. The summed E-state index contributed by atoms with van der Waals surface area (Å²) in [6.45, 7) is 2.49. The first-order chi connectivity index (χ1) is 8.11. The van der Waals surface area contributed by atoms with Crippen molar-refractivity contribution < 1.29 is 4.79 Å². The number of halogens is 2. The first-order valence-corrected chi connectivity index (χ1v) is 5.94. The molecule has 1 aromatic carbocycles. The molecule has 2 N–H and O–H groups in total. The van der Waals surface area contributed by atoms with Crippen molar-refractivity contribution in [3.63, 3.8) is 0 Å². The molecule has 1 aliphatic heterocycles. The van der Waals surface area contributed by atoms with E-state index in [1.807, 2.05) is 6.92 Å². The summed E-state index contributed by atoms with van der Waals surface area (Å²) >= 11 is 11.9. The van der Waals surface area contributed by atoms with Crippen molar-refractivity contribution >= 4 is 35.1 Å². The van der Waals surface area contributed by atoms with Crippen molar-refractivity contribution in [2.24, 2.45) is 4.99 Å². The topological polar surface area (TPSA) is 53.5 Å². The molecule has 1 aliphatic rings. The third-order valence-electron chi connectivity index (χ3n) is 2.37. The number of aliphatic imine (C=N–C) groups is 1. The lowest BCUT2D eigenvalue weighted by Crippen LogP contribution is -2.25. The second-order valence-electron chi connectivity index (χ2n) is 3.56. The third kappa shape index (κ3) is 2.53. The standard InChI is InChI=1S/C11H11Cl2N3O/c1-2-14-11-15-9(10(17)16-11)7-4-3-6(12)5-8(7)13/h3-5,9H,2H2,1H3,(H2,14,15,16,17). The Kier molecular flexibility index (Phi) is 3.54. The van der Waals surface area contributed by atoms with Gasteiger partial charge in [0.25, 0.3) is 5.91 Å². The van der Waals surface area contributed by atoms with Crippen LogP contribution in [0.25, 0.3) is 0 Å². The number of benzene rings is 1. The molecule has 0 aliphatic carbocycles. The van der Waals surface area contributed by atoms with Crippen LogP contribution < -0.4 is 10.6 Å². The van der Waals surface area contributed by atoms with Crippen LogP contribution in [0.4, 0.5) is 0 Å². The van der Waals surface area contributed by atoms with Gasteiger partial charge in [-0.3, -0.25) is 15.1 Å². The molecule has 6 heteroatoms. The second kappa shape index (κ2) is 4.94. The van der Waals surface area contributed by atoms with E-state index in [1.54, 1.807) is 18.2 Å². The molecule has 0 aromatic heterocycles. The maximum atomic E-state index is 11.8. The first-order valence-electron chi connectivity index (χ1n) is 5.18. The van der Waals surface area contributed by atoms with Gasteiger partial charge in [0.2, 0.25) is 0 Å². The number of carbonyl (C=O) groups excluding carboxylic acids is 1. The minimum absolute atomic E-state index is 0.165. The summed E-state index contributed by atoms with van der Waals surface area (Å²) in [7, 11) is 0. The van der Waals surface area contributed by atoms with E-state index in [0.29, 0.717) is 28.1 Å². The predicted molar refractivity (Wildman–Crippen MR) is 68.5 cm³/mol. The SMILES string of the molecule is CCN=C1NC(=O)C(c2ccc(Cl)cc2Cl)N1. The quantitative estimate of drug-likeness (QED) is 0.866. The van der Waals surface area contributed by atoms with Gasteiger partial charge >= 0.3 is 0 Å². The monoisotopic (exact) mass is 271 g/mol. The van der Waals surface area contributed by atoms with Gasteiger partial charge in [-0.2, -0.15) is 0 Å². The molecule has 0 spiro atoms. The van der Waals surface area contributed by atoms with Crippen LogP contribution in [-0.2, 0) is 4.79 Å². The summed E-state index contributed by atoms with van der Waals surface area (Å²) in [5.74, 6) is 0.315. The van der Waals surface area contributed by atoms with Crippen molar-refractivity contribution in [3.05, 3.63) is 33.8 Å².